The van der Waals surface area contributed by atoms with Crippen LogP contribution in [0.2, 0.25) is 0 Å². The molecule has 0 amide bonds. The molecular weight excluding hydrogens is 210 g/mol. The van der Waals surface area contributed by atoms with E-state index < -0.39 is 0 Å². The molecule has 2 unspecified atom stereocenters. The fraction of sp³-hybridized carbons (Fsp3) is 0.929. The van der Waals surface area contributed by atoms with E-state index in [1.54, 1.807) is 0 Å². The van der Waals surface area contributed by atoms with Gasteiger partial charge in [0.1, 0.15) is 0 Å². The van der Waals surface area contributed by atoms with Gasteiger partial charge in [0.25, 0.3) is 0 Å². The zero-order valence-corrected chi connectivity index (χ0v) is 11.4. The molecule has 0 aliphatic carbocycles. The van der Waals surface area contributed by atoms with Crippen molar-refractivity contribution in [1.82, 2.24) is 10.2 Å². The number of piperidine rings is 1. The standard InChI is InChI=1S/C14H27N3/c1-3-4-7-13(2)16-12-14-8-5-6-10-17(14)11-9-15/h13-14,16H,3-8,10-12H2,1-2H3. The Labute approximate surface area is 106 Å². The van der Waals surface area contributed by atoms with E-state index in [0.717, 1.165) is 13.1 Å². The number of unbranched alkanes of at least 4 members (excludes halogenated alkanes) is 1. The van der Waals surface area contributed by atoms with Crippen LogP contribution in [-0.2, 0) is 0 Å². The second-order valence-corrected chi connectivity index (χ2v) is 5.23. The van der Waals surface area contributed by atoms with Crippen molar-refractivity contribution in [3.8, 4) is 6.07 Å². The molecule has 0 saturated carbocycles. The molecular formula is C14H27N3. The molecule has 0 bridgehead atoms. The summed E-state index contributed by atoms with van der Waals surface area (Å²) in [7, 11) is 0. The third kappa shape index (κ3) is 5.52. The lowest BCUT2D eigenvalue weighted by molar-refractivity contribution is 0.160. The van der Waals surface area contributed by atoms with Crippen molar-refractivity contribution < 1.29 is 0 Å². The van der Waals surface area contributed by atoms with E-state index in [4.69, 9.17) is 5.26 Å². The summed E-state index contributed by atoms with van der Waals surface area (Å²) in [4.78, 5) is 2.34. The van der Waals surface area contributed by atoms with Crippen molar-refractivity contribution in [2.75, 3.05) is 19.6 Å². The maximum Gasteiger partial charge on any atom is 0.0868 e. The zero-order chi connectivity index (χ0) is 12.5. The quantitative estimate of drug-likeness (QED) is 0.692. The van der Waals surface area contributed by atoms with Crippen molar-refractivity contribution >= 4 is 0 Å². The molecule has 17 heavy (non-hydrogen) atoms. The summed E-state index contributed by atoms with van der Waals surface area (Å²) in [6, 6.07) is 3.48. The summed E-state index contributed by atoms with van der Waals surface area (Å²) in [6.07, 6.45) is 7.66. The zero-order valence-electron chi connectivity index (χ0n) is 11.4. The third-order valence-electron chi connectivity index (χ3n) is 3.72. The van der Waals surface area contributed by atoms with Crippen LogP contribution >= 0.6 is 0 Å². The van der Waals surface area contributed by atoms with Crippen LogP contribution in [0.1, 0.15) is 52.4 Å². The Hall–Kier alpha value is -0.590. The molecule has 1 heterocycles. The summed E-state index contributed by atoms with van der Waals surface area (Å²) in [6.45, 7) is 7.25. The maximum absolute atomic E-state index is 8.82. The number of nitrogens with zero attached hydrogens (tertiary/aromatic N) is 2. The van der Waals surface area contributed by atoms with Gasteiger partial charge in [0.15, 0.2) is 0 Å². The number of nitrogens with one attached hydrogen (secondary N) is 1. The highest BCUT2D eigenvalue weighted by Gasteiger charge is 2.21. The van der Waals surface area contributed by atoms with Crippen LogP contribution in [0, 0.1) is 11.3 Å². The molecule has 0 aromatic heterocycles. The molecule has 1 saturated heterocycles. The minimum Gasteiger partial charge on any atom is -0.313 e. The van der Waals surface area contributed by atoms with E-state index in [0.29, 0.717) is 18.6 Å². The van der Waals surface area contributed by atoms with Gasteiger partial charge >= 0.3 is 0 Å². The Balaban J connectivity index is 2.25. The average Bonchev–Trinajstić information content (AvgIpc) is 2.35. The van der Waals surface area contributed by atoms with Crippen LogP contribution in [0.4, 0.5) is 0 Å². The van der Waals surface area contributed by atoms with Crippen LogP contribution in [0.25, 0.3) is 0 Å². The molecule has 3 heteroatoms. The summed E-state index contributed by atoms with van der Waals surface area (Å²) < 4.78 is 0. The molecule has 0 aromatic carbocycles. The van der Waals surface area contributed by atoms with Crippen LogP contribution in [0.5, 0.6) is 0 Å². The first-order valence-electron chi connectivity index (χ1n) is 7.12. The van der Waals surface area contributed by atoms with Gasteiger partial charge in [-0.2, -0.15) is 5.26 Å². The molecule has 98 valence electrons. The summed E-state index contributed by atoms with van der Waals surface area (Å²) in [5.41, 5.74) is 0. The number of hydrogen-bond donors (Lipinski definition) is 1. The van der Waals surface area contributed by atoms with Gasteiger partial charge in [0.2, 0.25) is 0 Å². The van der Waals surface area contributed by atoms with Gasteiger partial charge in [0, 0.05) is 18.6 Å². The van der Waals surface area contributed by atoms with Gasteiger partial charge in [-0.3, -0.25) is 4.90 Å². The first-order chi connectivity index (χ1) is 8.27. The van der Waals surface area contributed by atoms with Crippen molar-refractivity contribution in [2.45, 2.75) is 64.5 Å². The Bertz CT molecular complexity index is 234. The molecule has 2 atom stereocenters. The van der Waals surface area contributed by atoms with Crippen LogP contribution < -0.4 is 5.32 Å². The van der Waals surface area contributed by atoms with Gasteiger partial charge in [-0.1, -0.05) is 26.2 Å². The molecule has 1 N–H and O–H groups in total. The first-order valence-corrected chi connectivity index (χ1v) is 7.12. The molecule has 0 spiro atoms. The highest BCUT2D eigenvalue weighted by atomic mass is 15.2. The Morgan fingerprint density at radius 1 is 1.47 bits per heavy atom. The van der Waals surface area contributed by atoms with Gasteiger partial charge in [-0.05, 0) is 32.7 Å². The van der Waals surface area contributed by atoms with E-state index >= 15 is 0 Å². The smallest absolute Gasteiger partial charge is 0.0868 e. The lowest BCUT2D eigenvalue weighted by Gasteiger charge is -2.34. The number of likely N-dealkylation sites (tertiary alicyclic amines) is 1. The fourth-order valence-electron chi connectivity index (χ4n) is 2.54. The Morgan fingerprint density at radius 2 is 2.29 bits per heavy atom. The highest BCUT2D eigenvalue weighted by Crippen LogP contribution is 2.16. The molecule has 3 nitrogen and oxygen atoms in total. The fourth-order valence-corrected chi connectivity index (χ4v) is 2.54. The molecule has 1 fully saturated rings. The predicted molar refractivity (Wildman–Crippen MR) is 71.8 cm³/mol. The van der Waals surface area contributed by atoms with E-state index in [9.17, 15) is 0 Å². The van der Waals surface area contributed by atoms with Crippen molar-refractivity contribution in [3.63, 3.8) is 0 Å². The minimum atomic E-state index is 0.576. The molecule has 0 aromatic rings. The van der Waals surface area contributed by atoms with Crippen LogP contribution in [0.15, 0.2) is 0 Å². The third-order valence-corrected chi connectivity index (χ3v) is 3.72. The van der Waals surface area contributed by atoms with Gasteiger partial charge in [-0.25, -0.2) is 0 Å². The normalized spacial score (nSPS) is 23.2. The van der Waals surface area contributed by atoms with Crippen molar-refractivity contribution in [2.24, 2.45) is 0 Å². The maximum atomic E-state index is 8.82. The number of nitriles is 1. The first kappa shape index (κ1) is 14.5. The number of rotatable bonds is 7. The van der Waals surface area contributed by atoms with Gasteiger partial charge in [0.05, 0.1) is 12.6 Å². The summed E-state index contributed by atoms with van der Waals surface area (Å²) in [5.74, 6) is 0. The van der Waals surface area contributed by atoms with Crippen LogP contribution in [0.3, 0.4) is 0 Å². The predicted octanol–water partition coefficient (Wildman–Crippen LogP) is 2.53. The highest BCUT2D eigenvalue weighted by molar-refractivity contribution is 4.86. The SMILES string of the molecule is CCCCC(C)NCC1CCCCN1CC#N. The van der Waals surface area contributed by atoms with Gasteiger partial charge < -0.3 is 5.32 Å². The van der Waals surface area contributed by atoms with Crippen LogP contribution in [-0.4, -0.2) is 36.6 Å². The average molecular weight is 237 g/mol. The summed E-state index contributed by atoms with van der Waals surface area (Å²) in [5, 5.41) is 12.4. The van der Waals surface area contributed by atoms with E-state index in [1.165, 1.54) is 38.5 Å². The minimum absolute atomic E-state index is 0.576. The van der Waals surface area contributed by atoms with Gasteiger partial charge in [-0.15, -0.1) is 0 Å². The molecule has 1 rings (SSSR count). The summed E-state index contributed by atoms with van der Waals surface area (Å²) >= 11 is 0. The molecule has 1 aliphatic heterocycles. The van der Waals surface area contributed by atoms with Crippen molar-refractivity contribution in [3.05, 3.63) is 0 Å². The second kappa shape index (κ2) is 8.49. The largest absolute Gasteiger partial charge is 0.313 e. The second-order valence-electron chi connectivity index (χ2n) is 5.23. The van der Waals surface area contributed by atoms with E-state index in [2.05, 4.69) is 30.1 Å². The molecule has 0 radical (unpaired) electrons. The monoisotopic (exact) mass is 237 g/mol. The van der Waals surface area contributed by atoms with Crippen molar-refractivity contribution in [1.29, 1.82) is 5.26 Å². The lowest BCUT2D eigenvalue weighted by atomic mass is 10.0. The molecule has 1 aliphatic rings. The Kier molecular flexibility index (Phi) is 7.23. The van der Waals surface area contributed by atoms with E-state index in [1.807, 2.05) is 0 Å². The Morgan fingerprint density at radius 3 is 3.00 bits per heavy atom. The number of hydrogen-bond acceptors (Lipinski definition) is 3. The lowest BCUT2D eigenvalue weighted by Crippen LogP contribution is -2.47. The van der Waals surface area contributed by atoms with E-state index in [-0.39, 0.29) is 0 Å². The topological polar surface area (TPSA) is 39.1 Å².